The molecule has 0 fully saturated rings. The standard InChI is InChI=1S/C16H13ClN2S2/c17-11-3-6-15-14(9-11)19-16(21-15)20-12-4-5-13-10(8-12)2-1-7-18-13/h1-3,6-9,12-13H,4-5H2. The smallest absolute Gasteiger partial charge is 0.151 e. The minimum atomic E-state index is 0.376. The predicted octanol–water partition coefficient (Wildman–Crippen LogP) is 5.14. The van der Waals surface area contributed by atoms with Crippen molar-refractivity contribution in [1.29, 1.82) is 0 Å². The molecule has 1 aliphatic heterocycles. The van der Waals surface area contributed by atoms with Gasteiger partial charge in [0, 0.05) is 16.5 Å². The number of rotatable bonds is 2. The minimum absolute atomic E-state index is 0.376. The maximum Gasteiger partial charge on any atom is 0.151 e. The highest BCUT2D eigenvalue weighted by Gasteiger charge is 2.23. The summed E-state index contributed by atoms with van der Waals surface area (Å²) in [7, 11) is 0. The summed E-state index contributed by atoms with van der Waals surface area (Å²) in [6.07, 6.45) is 10.7. The largest absolute Gasteiger partial charge is 0.285 e. The molecule has 1 aromatic heterocycles. The Bertz CT molecular complexity index is 776. The molecule has 0 saturated carbocycles. The third-order valence-corrected chi connectivity index (χ3v) is 6.28. The molecule has 0 bridgehead atoms. The van der Waals surface area contributed by atoms with E-state index in [0.717, 1.165) is 27.7 Å². The number of allylic oxidation sites excluding steroid dienone is 1. The van der Waals surface area contributed by atoms with Crippen molar-refractivity contribution in [3.8, 4) is 0 Å². The van der Waals surface area contributed by atoms with E-state index in [2.05, 4.69) is 17.1 Å². The van der Waals surface area contributed by atoms with E-state index in [4.69, 9.17) is 16.6 Å². The van der Waals surface area contributed by atoms with Crippen molar-refractivity contribution in [3.63, 3.8) is 0 Å². The molecule has 0 radical (unpaired) electrons. The molecule has 21 heavy (non-hydrogen) atoms. The molecule has 0 N–H and O–H groups in total. The third kappa shape index (κ3) is 2.80. The summed E-state index contributed by atoms with van der Waals surface area (Å²) < 4.78 is 2.32. The lowest BCUT2D eigenvalue weighted by molar-refractivity contribution is 0.634. The second kappa shape index (κ2) is 5.59. The van der Waals surface area contributed by atoms with Crippen LogP contribution in [-0.4, -0.2) is 22.5 Å². The molecule has 2 heterocycles. The van der Waals surface area contributed by atoms with Crippen molar-refractivity contribution in [1.82, 2.24) is 4.98 Å². The molecule has 2 nitrogen and oxygen atoms in total. The van der Waals surface area contributed by atoms with Gasteiger partial charge in [0.15, 0.2) is 4.34 Å². The van der Waals surface area contributed by atoms with Crippen LogP contribution in [0.5, 0.6) is 0 Å². The third-order valence-electron chi connectivity index (χ3n) is 3.71. The van der Waals surface area contributed by atoms with Crippen LogP contribution in [0.15, 0.2) is 51.3 Å². The van der Waals surface area contributed by atoms with Crippen LogP contribution in [0.2, 0.25) is 5.02 Å². The van der Waals surface area contributed by atoms with E-state index in [0.29, 0.717) is 11.3 Å². The number of nitrogens with zero attached hydrogens (tertiary/aromatic N) is 2. The van der Waals surface area contributed by atoms with Crippen molar-refractivity contribution in [2.24, 2.45) is 4.99 Å². The van der Waals surface area contributed by atoms with Crippen LogP contribution in [-0.2, 0) is 0 Å². The van der Waals surface area contributed by atoms with Gasteiger partial charge in [0.05, 0.1) is 16.3 Å². The van der Waals surface area contributed by atoms with Gasteiger partial charge in [-0.15, -0.1) is 11.3 Å². The van der Waals surface area contributed by atoms with Gasteiger partial charge in [-0.1, -0.05) is 35.5 Å². The zero-order valence-corrected chi connectivity index (χ0v) is 13.6. The molecule has 1 aliphatic carbocycles. The van der Waals surface area contributed by atoms with Gasteiger partial charge in [-0.2, -0.15) is 0 Å². The fraction of sp³-hybridized carbons (Fsp3) is 0.250. The molecule has 0 amide bonds. The van der Waals surface area contributed by atoms with Crippen LogP contribution in [0.3, 0.4) is 0 Å². The van der Waals surface area contributed by atoms with Crippen molar-refractivity contribution in [2.75, 3.05) is 0 Å². The van der Waals surface area contributed by atoms with Crippen LogP contribution in [0.1, 0.15) is 12.8 Å². The first-order valence-corrected chi connectivity index (χ1v) is 9.00. The monoisotopic (exact) mass is 332 g/mol. The highest BCUT2D eigenvalue weighted by atomic mass is 35.5. The number of benzene rings is 1. The highest BCUT2D eigenvalue weighted by Crippen LogP contribution is 2.38. The first kappa shape index (κ1) is 13.6. The Hall–Kier alpha value is -1.10. The Balaban J connectivity index is 1.57. The first-order valence-electron chi connectivity index (χ1n) is 6.92. The zero-order chi connectivity index (χ0) is 14.2. The Labute approximate surface area is 136 Å². The summed E-state index contributed by atoms with van der Waals surface area (Å²) in [6, 6.07) is 6.29. The van der Waals surface area contributed by atoms with Gasteiger partial charge in [0.2, 0.25) is 0 Å². The summed E-state index contributed by atoms with van der Waals surface area (Å²) in [6.45, 7) is 0. The maximum absolute atomic E-state index is 6.02. The molecule has 1 aromatic carbocycles. The fourth-order valence-corrected chi connectivity index (χ4v) is 5.25. The number of dihydropyridines is 1. The Morgan fingerprint density at radius 3 is 3.19 bits per heavy atom. The number of hydrogen-bond donors (Lipinski definition) is 0. The molecular formula is C16H13ClN2S2. The second-order valence-electron chi connectivity index (χ2n) is 5.17. The molecule has 4 rings (SSSR count). The van der Waals surface area contributed by atoms with Crippen molar-refractivity contribution >= 4 is 51.1 Å². The zero-order valence-electron chi connectivity index (χ0n) is 11.2. The summed E-state index contributed by atoms with van der Waals surface area (Å²) in [5, 5.41) is 1.24. The topological polar surface area (TPSA) is 25.2 Å². The van der Waals surface area contributed by atoms with E-state index in [-0.39, 0.29) is 0 Å². The fourth-order valence-electron chi connectivity index (χ4n) is 2.69. The van der Waals surface area contributed by atoms with Crippen LogP contribution >= 0.6 is 34.7 Å². The molecule has 2 atom stereocenters. The van der Waals surface area contributed by atoms with Gasteiger partial charge >= 0.3 is 0 Å². The summed E-state index contributed by atoms with van der Waals surface area (Å²) in [5.41, 5.74) is 2.35. The summed E-state index contributed by atoms with van der Waals surface area (Å²) >= 11 is 9.62. The quantitative estimate of drug-likeness (QED) is 0.760. The van der Waals surface area contributed by atoms with E-state index in [1.165, 1.54) is 10.3 Å². The second-order valence-corrected chi connectivity index (χ2v) is 8.12. The van der Waals surface area contributed by atoms with Gasteiger partial charge in [0.1, 0.15) is 0 Å². The van der Waals surface area contributed by atoms with Gasteiger partial charge < -0.3 is 0 Å². The predicted molar refractivity (Wildman–Crippen MR) is 93.0 cm³/mol. The Kier molecular flexibility index (Phi) is 3.61. The summed E-state index contributed by atoms with van der Waals surface area (Å²) in [4.78, 5) is 9.21. The number of aliphatic imine (C=N–C) groups is 1. The lowest BCUT2D eigenvalue weighted by atomic mass is 9.93. The number of halogens is 1. The molecule has 0 saturated heterocycles. The Morgan fingerprint density at radius 1 is 1.29 bits per heavy atom. The number of aromatic nitrogens is 1. The lowest BCUT2D eigenvalue weighted by Crippen LogP contribution is -2.19. The molecule has 106 valence electrons. The van der Waals surface area contributed by atoms with Gasteiger partial charge in [0.25, 0.3) is 0 Å². The molecule has 2 aromatic rings. The van der Waals surface area contributed by atoms with Crippen LogP contribution in [0.25, 0.3) is 10.2 Å². The van der Waals surface area contributed by atoms with E-state index < -0.39 is 0 Å². The Morgan fingerprint density at radius 2 is 2.24 bits per heavy atom. The SMILES string of the molecule is Clc1ccc2sc(SC3C=C4C=CC=NC4CC3)nc2c1. The first-order chi connectivity index (χ1) is 10.3. The van der Waals surface area contributed by atoms with Crippen LogP contribution in [0.4, 0.5) is 0 Å². The van der Waals surface area contributed by atoms with E-state index >= 15 is 0 Å². The van der Waals surface area contributed by atoms with Crippen molar-refractivity contribution < 1.29 is 0 Å². The highest BCUT2D eigenvalue weighted by molar-refractivity contribution is 8.01. The van der Waals surface area contributed by atoms with E-state index in [9.17, 15) is 0 Å². The average Bonchev–Trinajstić information content (AvgIpc) is 2.88. The number of hydrogen-bond acceptors (Lipinski definition) is 4. The molecule has 5 heteroatoms. The molecule has 0 spiro atoms. The number of fused-ring (bicyclic) bond motifs is 2. The molecule has 2 aliphatic rings. The summed E-state index contributed by atoms with van der Waals surface area (Å²) in [5.74, 6) is 0. The normalized spacial score (nSPS) is 24.1. The minimum Gasteiger partial charge on any atom is -0.285 e. The van der Waals surface area contributed by atoms with Crippen molar-refractivity contribution in [2.45, 2.75) is 28.5 Å². The van der Waals surface area contributed by atoms with Crippen LogP contribution in [0, 0.1) is 0 Å². The molecular weight excluding hydrogens is 320 g/mol. The van der Waals surface area contributed by atoms with Crippen LogP contribution < -0.4 is 0 Å². The van der Waals surface area contributed by atoms with Gasteiger partial charge in [-0.05, 0) is 42.7 Å². The number of thioether (sulfide) groups is 1. The van der Waals surface area contributed by atoms with E-state index in [1.54, 1.807) is 11.3 Å². The maximum atomic E-state index is 6.02. The number of thiazole rings is 1. The molecule has 2 unspecified atom stereocenters. The van der Waals surface area contributed by atoms with Gasteiger partial charge in [-0.25, -0.2) is 4.98 Å². The van der Waals surface area contributed by atoms with Gasteiger partial charge in [-0.3, -0.25) is 4.99 Å². The van der Waals surface area contributed by atoms with Crippen molar-refractivity contribution in [3.05, 3.63) is 47.0 Å². The van der Waals surface area contributed by atoms with E-state index in [1.807, 2.05) is 42.3 Å². The lowest BCUT2D eigenvalue weighted by Gasteiger charge is -2.25. The average molecular weight is 333 g/mol.